The van der Waals surface area contributed by atoms with Crippen molar-refractivity contribution in [3.63, 3.8) is 0 Å². The van der Waals surface area contributed by atoms with Crippen LogP contribution < -0.4 is 5.32 Å². The van der Waals surface area contributed by atoms with Gasteiger partial charge in [-0.2, -0.15) is 0 Å². The van der Waals surface area contributed by atoms with E-state index in [2.05, 4.69) is 10.3 Å². The fraction of sp³-hybridized carbons (Fsp3) is 0.250. The Hall–Kier alpha value is -1.66. The van der Waals surface area contributed by atoms with Gasteiger partial charge in [0.2, 0.25) is 5.82 Å². The summed E-state index contributed by atoms with van der Waals surface area (Å²) in [6.45, 7) is 2.01. The van der Waals surface area contributed by atoms with E-state index in [1.807, 2.05) is 24.4 Å². The number of aromatic nitrogens is 1. The summed E-state index contributed by atoms with van der Waals surface area (Å²) in [7, 11) is 0. The summed E-state index contributed by atoms with van der Waals surface area (Å²) in [4.78, 5) is 15.7. The first-order valence-electron chi connectivity index (χ1n) is 5.71. The lowest BCUT2D eigenvalue weighted by atomic mass is 10.2. The van der Waals surface area contributed by atoms with Gasteiger partial charge in [0.05, 0.1) is 16.0 Å². The first-order valence-corrected chi connectivity index (χ1v) is 6.97. The molecule has 0 aromatic carbocycles. The van der Waals surface area contributed by atoms with Gasteiger partial charge in [-0.05, 0) is 17.9 Å². The Balaban J connectivity index is 2.29. The average Bonchev–Trinajstić information content (AvgIpc) is 2.90. The molecular formula is C12H12ClN3O2S. The van der Waals surface area contributed by atoms with Crippen molar-refractivity contribution in [2.75, 3.05) is 5.32 Å². The number of thiophene rings is 1. The highest BCUT2D eigenvalue weighted by Crippen LogP contribution is 2.31. The Bertz CT molecular complexity index is 574. The molecule has 0 spiro atoms. The summed E-state index contributed by atoms with van der Waals surface area (Å²) >= 11 is 7.34. The maximum absolute atomic E-state index is 11.0. The standard InChI is InChI=1S/C12H12ClN3O2S/c1-2-9(11-4-3-5-19-11)15-12-10(16(17)18)6-8(13)7-14-12/h3-7,9H,2H2,1H3,(H,14,15). The minimum Gasteiger partial charge on any atom is -0.357 e. The maximum Gasteiger partial charge on any atom is 0.312 e. The third-order valence-electron chi connectivity index (χ3n) is 2.64. The zero-order chi connectivity index (χ0) is 13.8. The van der Waals surface area contributed by atoms with E-state index < -0.39 is 4.92 Å². The molecule has 1 unspecified atom stereocenters. The summed E-state index contributed by atoms with van der Waals surface area (Å²) in [5.41, 5.74) is -0.109. The van der Waals surface area contributed by atoms with Gasteiger partial charge in [0, 0.05) is 17.1 Å². The van der Waals surface area contributed by atoms with E-state index in [-0.39, 0.29) is 22.6 Å². The van der Waals surface area contributed by atoms with Crippen molar-refractivity contribution in [2.45, 2.75) is 19.4 Å². The summed E-state index contributed by atoms with van der Waals surface area (Å²) < 4.78 is 0. The van der Waals surface area contributed by atoms with E-state index in [1.54, 1.807) is 11.3 Å². The first-order chi connectivity index (χ1) is 9.11. The molecule has 0 fully saturated rings. The molecule has 1 N–H and O–H groups in total. The highest BCUT2D eigenvalue weighted by atomic mass is 35.5. The fourth-order valence-electron chi connectivity index (χ4n) is 1.71. The van der Waals surface area contributed by atoms with Gasteiger partial charge in [-0.3, -0.25) is 10.1 Å². The Kier molecular flexibility index (Phi) is 4.34. The summed E-state index contributed by atoms with van der Waals surface area (Å²) in [5.74, 6) is 0.245. The molecule has 0 saturated carbocycles. The quantitative estimate of drug-likeness (QED) is 0.661. The molecule has 0 saturated heterocycles. The van der Waals surface area contributed by atoms with Crippen LogP contribution in [-0.4, -0.2) is 9.91 Å². The van der Waals surface area contributed by atoms with Crippen molar-refractivity contribution in [3.05, 3.63) is 49.8 Å². The van der Waals surface area contributed by atoms with Crippen LogP contribution in [0.5, 0.6) is 0 Å². The largest absolute Gasteiger partial charge is 0.357 e. The maximum atomic E-state index is 11.0. The summed E-state index contributed by atoms with van der Waals surface area (Å²) in [6.07, 6.45) is 2.21. The van der Waals surface area contributed by atoms with Crippen molar-refractivity contribution < 1.29 is 4.92 Å². The normalized spacial score (nSPS) is 12.1. The van der Waals surface area contributed by atoms with E-state index in [4.69, 9.17) is 11.6 Å². The lowest BCUT2D eigenvalue weighted by molar-refractivity contribution is -0.384. The molecule has 0 aliphatic rings. The van der Waals surface area contributed by atoms with Crippen LogP contribution in [0.2, 0.25) is 5.02 Å². The molecule has 0 aliphatic heterocycles. The number of pyridine rings is 1. The number of nitrogens with zero attached hydrogens (tertiary/aromatic N) is 2. The highest BCUT2D eigenvalue weighted by Gasteiger charge is 2.19. The number of rotatable bonds is 5. The van der Waals surface area contributed by atoms with Gasteiger partial charge in [-0.25, -0.2) is 4.98 Å². The number of hydrogen-bond donors (Lipinski definition) is 1. The number of halogens is 1. The van der Waals surface area contributed by atoms with Crippen molar-refractivity contribution in [1.82, 2.24) is 4.98 Å². The molecule has 0 aliphatic carbocycles. The Morgan fingerprint density at radius 1 is 1.63 bits per heavy atom. The highest BCUT2D eigenvalue weighted by molar-refractivity contribution is 7.10. The second-order valence-corrected chi connectivity index (χ2v) is 5.31. The average molecular weight is 298 g/mol. The molecule has 2 heterocycles. The Morgan fingerprint density at radius 2 is 2.42 bits per heavy atom. The van der Waals surface area contributed by atoms with Gasteiger partial charge in [0.25, 0.3) is 0 Å². The van der Waals surface area contributed by atoms with E-state index in [0.29, 0.717) is 0 Å². The lowest BCUT2D eigenvalue weighted by Gasteiger charge is -2.15. The van der Waals surface area contributed by atoms with E-state index in [0.717, 1.165) is 11.3 Å². The monoisotopic (exact) mass is 297 g/mol. The molecule has 0 bridgehead atoms. The summed E-state index contributed by atoms with van der Waals surface area (Å²) in [6, 6.07) is 5.26. The van der Waals surface area contributed by atoms with Crippen LogP contribution in [0.1, 0.15) is 24.3 Å². The molecule has 0 radical (unpaired) electrons. The van der Waals surface area contributed by atoms with Crippen LogP contribution in [-0.2, 0) is 0 Å². The van der Waals surface area contributed by atoms with Crippen LogP contribution in [0.4, 0.5) is 11.5 Å². The molecule has 0 amide bonds. The van der Waals surface area contributed by atoms with E-state index >= 15 is 0 Å². The Labute approximate surface area is 119 Å². The van der Waals surface area contributed by atoms with Crippen LogP contribution in [0.25, 0.3) is 0 Å². The van der Waals surface area contributed by atoms with Crippen LogP contribution in [0.15, 0.2) is 29.8 Å². The van der Waals surface area contributed by atoms with Crippen molar-refractivity contribution in [2.24, 2.45) is 0 Å². The van der Waals surface area contributed by atoms with Gasteiger partial charge in [0.1, 0.15) is 0 Å². The number of nitro groups is 1. The second kappa shape index (κ2) is 5.99. The zero-order valence-corrected chi connectivity index (χ0v) is 11.7. The number of hydrogen-bond acceptors (Lipinski definition) is 5. The lowest BCUT2D eigenvalue weighted by Crippen LogP contribution is -2.11. The van der Waals surface area contributed by atoms with Crippen LogP contribution in [0.3, 0.4) is 0 Å². The minimum absolute atomic E-state index is 0.00683. The topological polar surface area (TPSA) is 68.1 Å². The van der Waals surface area contributed by atoms with Crippen LogP contribution in [0, 0.1) is 10.1 Å². The molecule has 19 heavy (non-hydrogen) atoms. The smallest absolute Gasteiger partial charge is 0.312 e. The molecule has 1 atom stereocenters. The van der Waals surface area contributed by atoms with E-state index in [1.165, 1.54) is 12.3 Å². The fourth-order valence-corrected chi connectivity index (χ4v) is 2.72. The number of nitrogens with one attached hydrogen (secondary N) is 1. The SMILES string of the molecule is CCC(Nc1ncc(Cl)cc1[N+](=O)[O-])c1cccs1. The van der Waals surface area contributed by atoms with Gasteiger partial charge < -0.3 is 5.32 Å². The number of anilines is 1. The van der Waals surface area contributed by atoms with Gasteiger partial charge in [-0.1, -0.05) is 24.6 Å². The minimum atomic E-state index is -0.484. The van der Waals surface area contributed by atoms with Crippen molar-refractivity contribution in [3.8, 4) is 0 Å². The first kappa shape index (κ1) is 13.8. The molecule has 5 nitrogen and oxygen atoms in total. The van der Waals surface area contributed by atoms with Gasteiger partial charge in [-0.15, -0.1) is 11.3 Å². The van der Waals surface area contributed by atoms with E-state index in [9.17, 15) is 10.1 Å². The predicted octanol–water partition coefficient (Wildman–Crippen LogP) is 4.27. The molecule has 2 aromatic rings. The van der Waals surface area contributed by atoms with Crippen molar-refractivity contribution in [1.29, 1.82) is 0 Å². The zero-order valence-electron chi connectivity index (χ0n) is 10.2. The summed E-state index contributed by atoms with van der Waals surface area (Å²) in [5, 5.41) is 16.3. The molecule has 2 rings (SSSR count). The van der Waals surface area contributed by atoms with Gasteiger partial charge >= 0.3 is 5.69 Å². The van der Waals surface area contributed by atoms with Gasteiger partial charge in [0.15, 0.2) is 0 Å². The predicted molar refractivity (Wildman–Crippen MR) is 76.9 cm³/mol. The molecule has 7 heteroatoms. The third-order valence-corrected chi connectivity index (χ3v) is 3.83. The Morgan fingerprint density at radius 3 is 3.00 bits per heavy atom. The molecular weight excluding hydrogens is 286 g/mol. The molecule has 2 aromatic heterocycles. The molecule has 100 valence electrons. The third kappa shape index (κ3) is 3.21. The van der Waals surface area contributed by atoms with Crippen LogP contribution >= 0.6 is 22.9 Å². The van der Waals surface area contributed by atoms with Crippen molar-refractivity contribution >= 4 is 34.4 Å². The second-order valence-electron chi connectivity index (χ2n) is 3.90.